The second-order valence-electron chi connectivity index (χ2n) is 4.38. The van der Waals surface area contributed by atoms with E-state index in [0.29, 0.717) is 5.56 Å². The highest BCUT2D eigenvalue weighted by Crippen LogP contribution is 2.17. The molecule has 117 valence electrons. The van der Waals surface area contributed by atoms with E-state index in [2.05, 4.69) is 9.47 Å². The highest BCUT2D eigenvalue weighted by Gasteiger charge is 2.18. The van der Waals surface area contributed by atoms with Crippen molar-refractivity contribution in [3.63, 3.8) is 0 Å². The van der Waals surface area contributed by atoms with Gasteiger partial charge in [0.25, 0.3) is 0 Å². The van der Waals surface area contributed by atoms with Crippen molar-refractivity contribution < 1.29 is 28.6 Å². The number of ether oxygens (including phenoxy) is 3. The fourth-order valence-electron chi connectivity index (χ4n) is 1.76. The highest BCUT2D eigenvalue weighted by molar-refractivity contribution is 5.97. The quantitative estimate of drug-likeness (QED) is 0.443. The molecule has 0 saturated heterocycles. The van der Waals surface area contributed by atoms with Gasteiger partial charge in [0, 0.05) is 5.56 Å². The zero-order chi connectivity index (χ0) is 16.5. The van der Waals surface area contributed by atoms with Gasteiger partial charge in [0.2, 0.25) is 6.29 Å². The lowest BCUT2D eigenvalue weighted by Crippen LogP contribution is -2.20. The van der Waals surface area contributed by atoms with Gasteiger partial charge in [-0.1, -0.05) is 48.5 Å². The lowest BCUT2D eigenvalue weighted by Gasteiger charge is -2.14. The van der Waals surface area contributed by atoms with Crippen LogP contribution in [-0.2, 0) is 23.8 Å². The van der Waals surface area contributed by atoms with Crippen molar-refractivity contribution in [1.82, 2.24) is 0 Å². The lowest BCUT2D eigenvalue weighted by atomic mass is 10.2. The van der Waals surface area contributed by atoms with E-state index in [1.54, 1.807) is 48.5 Å². The summed E-state index contributed by atoms with van der Waals surface area (Å²) in [5.74, 6) is -1.67. The van der Waals surface area contributed by atoms with Crippen molar-refractivity contribution in [2.24, 2.45) is 0 Å². The van der Waals surface area contributed by atoms with Crippen molar-refractivity contribution in [2.45, 2.75) is 6.29 Å². The van der Waals surface area contributed by atoms with Crippen LogP contribution in [-0.4, -0.2) is 25.0 Å². The number of hydrogen-bond acceptors (Lipinski definition) is 6. The summed E-state index contributed by atoms with van der Waals surface area (Å²) in [7, 11) is 0. The second-order valence-corrected chi connectivity index (χ2v) is 4.38. The summed E-state index contributed by atoms with van der Waals surface area (Å²) < 4.78 is 14.4. The van der Waals surface area contributed by atoms with Gasteiger partial charge in [-0.3, -0.25) is 0 Å². The van der Waals surface area contributed by atoms with Gasteiger partial charge in [0.05, 0.1) is 5.56 Å². The molecule has 1 atom stereocenters. The third kappa shape index (κ3) is 5.05. The first-order valence-electron chi connectivity index (χ1n) is 6.70. The van der Waals surface area contributed by atoms with Crippen LogP contribution in [0.3, 0.4) is 0 Å². The van der Waals surface area contributed by atoms with E-state index in [4.69, 9.17) is 4.74 Å². The largest absolute Gasteiger partial charge is 0.423 e. The minimum atomic E-state index is -1.10. The molecule has 0 heterocycles. The average molecular weight is 313 g/mol. The lowest BCUT2D eigenvalue weighted by molar-refractivity contribution is -0.155. The van der Waals surface area contributed by atoms with Gasteiger partial charge in [-0.2, -0.15) is 0 Å². The summed E-state index contributed by atoms with van der Waals surface area (Å²) in [4.78, 5) is 33.7. The Morgan fingerprint density at radius 1 is 0.957 bits per heavy atom. The van der Waals surface area contributed by atoms with Crippen LogP contribution < -0.4 is 0 Å². The Morgan fingerprint density at radius 2 is 1.57 bits per heavy atom. The van der Waals surface area contributed by atoms with E-state index < -0.39 is 24.8 Å². The molecule has 0 saturated carbocycles. The number of carbonyl (C=O) groups is 2. The van der Waals surface area contributed by atoms with Crippen LogP contribution in [0.15, 0.2) is 60.7 Å². The van der Waals surface area contributed by atoms with Crippen molar-refractivity contribution in [2.75, 3.05) is 6.61 Å². The van der Waals surface area contributed by atoms with Crippen LogP contribution in [0.1, 0.15) is 22.2 Å². The average Bonchev–Trinajstić information content (AvgIpc) is 2.60. The van der Waals surface area contributed by atoms with Crippen LogP contribution in [0.4, 0.5) is 0 Å². The molecule has 0 fully saturated rings. The predicted octanol–water partition coefficient (Wildman–Crippen LogP) is 2.17. The van der Waals surface area contributed by atoms with Crippen molar-refractivity contribution >= 4 is 18.4 Å². The number of carbonyl (C=O) groups excluding carboxylic acids is 3. The molecule has 6 heteroatoms. The maximum absolute atomic E-state index is 11.7. The van der Waals surface area contributed by atoms with Gasteiger partial charge in [-0.15, -0.1) is 0 Å². The molecular weight excluding hydrogens is 300 g/mol. The predicted molar refractivity (Wildman–Crippen MR) is 78.8 cm³/mol. The topological polar surface area (TPSA) is 78.9 Å². The van der Waals surface area contributed by atoms with Gasteiger partial charge in [0.15, 0.2) is 0 Å². The maximum Gasteiger partial charge on any atom is 0.420 e. The first-order valence-corrected chi connectivity index (χ1v) is 6.70. The molecule has 2 aromatic rings. The molecule has 0 aliphatic heterocycles. The maximum atomic E-state index is 11.7. The Labute approximate surface area is 132 Å². The van der Waals surface area contributed by atoms with Crippen LogP contribution in [0.2, 0.25) is 0 Å². The van der Waals surface area contributed by atoms with Gasteiger partial charge in [0.1, 0.15) is 6.61 Å². The molecule has 2 aromatic carbocycles. The number of esters is 2. The summed E-state index contributed by atoms with van der Waals surface area (Å²) in [6, 6.07) is 16.6. The van der Waals surface area contributed by atoms with E-state index in [0.717, 1.165) is 0 Å². The van der Waals surface area contributed by atoms with Crippen LogP contribution in [0.5, 0.6) is 0 Å². The summed E-state index contributed by atoms with van der Waals surface area (Å²) >= 11 is 0. The summed E-state index contributed by atoms with van der Waals surface area (Å²) in [6.07, 6.45) is -1.10. The molecule has 1 radical (unpaired) electrons. The smallest absolute Gasteiger partial charge is 0.420 e. The molecule has 6 nitrogen and oxygen atoms in total. The summed E-state index contributed by atoms with van der Waals surface area (Å²) in [6.45, 7) is 0.707. The molecule has 0 bridgehead atoms. The fraction of sp³-hybridized carbons (Fsp3) is 0.118. The molecule has 0 spiro atoms. The van der Waals surface area contributed by atoms with E-state index in [-0.39, 0.29) is 5.56 Å². The van der Waals surface area contributed by atoms with E-state index in [1.165, 1.54) is 18.6 Å². The SMILES string of the molecule is O=[C]OC(OCC(=O)OC(=O)c1ccccc1)c1ccccc1. The van der Waals surface area contributed by atoms with Crippen molar-refractivity contribution in [3.8, 4) is 0 Å². The Balaban J connectivity index is 1.89. The van der Waals surface area contributed by atoms with Crippen LogP contribution in [0, 0.1) is 0 Å². The minimum absolute atomic E-state index is 0.248. The molecule has 0 aliphatic rings. The van der Waals surface area contributed by atoms with Crippen molar-refractivity contribution in [1.29, 1.82) is 0 Å². The van der Waals surface area contributed by atoms with Gasteiger partial charge >= 0.3 is 18.4 Å². The minimum Gasteiger partial charge on any atom is -0.423 e. The van der Waals surface area contributed by atoms with E-state index in [9.17, 15) is 14.4 Å². The van der Waals surface area contributed by atoms with E-state index >= 15 is 0 Å². The normalized spacial score (nSPS) is 11.3. The molecule has 23 heavy (non-hydrogen) atoms. The number of rotatable bonds is 7. The standard InChI is InChI=1S/C17H13O6/c18-12-22-17(14-9-5-2-6-10-14)21-11-15(19)23-16(20)13-7-3-1-4-8-13/h1-10,17H,11H2. The first kappa shape index (κ1) is 16.4. The van der Waals surface area contributed by atoms with Gasteiger partial charge in [-0.25, -0.2) is 14.4 Å². The number of hydrogen-bond donors (Lipinski definition) is 0. The molecule has 0 aliphatic carbocycles. The third-order valence-electron chi connectivity index (χ3n) is 2.80. The Kier molecular flexibility index (Phi) is 6.02. The fourth-order valence-corrected chi connectivity index (χ4v) is 1.76. The van der Waals surface area contributed by atoms with Crippen LogP contribution in [0.25, 0.3) is 0 Å². The zero-order valence-electron chi connectivity index (χ0n) is 12.0. The monoisotopic (exact) mass is 313 g/mol. The second kappa shape index (κ2) is 8.45. The van der Waals surface area contributed by atoms with E-state index in [1.807, 2.05) is 0 Å². The molecule has 0 amide bonds. The van der Waals surface area contributed by atoms with Crippen molar-refractivity contribution in [3.05, 3.63) is 71.8 Å². The molecule has 2 rings (SSSR count). The number of benzene rings is 2. The summed E-state index contributed by atoms with van der Waals surface area (Å²) in [5, 5.41) is 0. The zero-order valence-corrected chi connectivity index (χ0v) is 12.0. The van der Waals surface area contributed by atoms with Crippen LogP contribution >= 0.6 is 0 Å². The van der Waals surface area contributed by atoms with Gasteiger partial charge in [-0.05, 0) is 12.1 Å². The Hall–Kier alpha value is -2.99. The Morgan fingerprint density at radius 3 is 2.17 bits per heavy atom. The summed E-state index contributed by atoms with van der Waals surface area (Å²) in [5.41, 5.74) is 0.774. The third-order valence-corrected chi connectivity index (χ3v) is 2.80. The molecule has 1 unspecified atom stereocenters. The Bertz CT molecular complexity index is 653. The van der Waals surface area contributed by atoms with Gasteiger partial charge < -0.3 is 14.2 Å². The first-order chi connectivity index (χ1) is 11.2. The molecule has 0 N–H and O–H groups in total. The molecule has 0 aromatic heterocycles. The molecular formula is C17H13O6. The highest BCUT2D eigenvalue weighted by atomic mass is 16.7.